The Morgan fingerprint density at radius 1 is 1.16 bits per heavy atom. The third kappa shape index (κ3) is 3.34. The average molecular weight is 271 g/mol. The van der Waals surface area contributed by atoms with E-state index in [9.17, 15) is 4.79 Å². The van der Waals surface area contributed by atoms with Crippen LogP contribution in [0.1, 0.15) is 15.9 Å². The molecule has 0 aliphatic heterocycles. The number of rotatable bonds is 4. The predicted octanol–water partition coefficient (Wildman–Crippen LogP) is 3.51. The summed E-state index contributed by atoms with van der Waals surface area (Å²) in [5.41, 5.74) is 1.77. The first-order valence-electron chi connectivity index (χ1n) is 5.72. The molecule has 0 spiro atoms. The number of hydrogen-bond acceptors (Lipinski definition) is 3. The van der Waals surface area contributed by atoms with Crippen LogP contribution in [0.2, 0.25) is 5.02 Å². The maximum atomic E-state index is 11.9. The fourth-order valence-electron chi connectivity index (χ4n) is 1.65. The number of carbonyl (C=O) groups excluding carboxylic acids is 1. The van der Waals surface area contributed by atoms with Crippen LogP contribution in [0.3, 0.4) is 0 Å². The summed E-state index contributed by atoms with van der Waals surface area (Å²) in [5.74, 6) is -0.0515. The number of ketones is 1. The second kappa shape index (κ2) is 6.03. The topological polar surface area (TPSA) is 52.9 Å². The minimum absolute atomic E-state index is 0.0515. The van der Waals surface area contributed by atoms with Crippen molar-refractivity contribution in [2.24, 2.45) is 0 Å². The summed E-state index contributed by atoms with van der Waals surface area (Å²) in [6.45, 7) is 0.139. The maximum absolute atomic E-state index is 11.9. The van der Waals surface area contributed by atoms with Crippen molar-refractivity contribution in [1.29, 1.82) is 5.26 Å². The SMILES string of the molecule is N#Cc1ccccc1NCC(=O)c1ccc(Cl)cc1. The largest absolute Gasteiger partial charge is 0.377 e. The van der Waals surface area contributed by atoms with Crippen LogP contribution in [-0.2, 0) is 0 Å². The van der Waals surface area contributed by atoms with E-state index in [1.165, 1.54) is 0 Å². The molecule has 0 atom stereocenters. The van der Waals surface area contributed by atoms with Crippen molar-refractivity contribution in [2.45, 2.75) is 0 Å². The third-order valence-corrected chi connectivity index (χ3v) is 2.91. The highest BCUT2D eigenvalue weighted by Crippen LogP contribution is 2.14. The maximum Gasteiger partial charge on any atom is 0.181 e. The lowest BCUT2D eigenvalue weighted by atomic mass is 10.1. The zero-order chi connectivity index (χ0) is 13.7. The van der Waals surface area contributed by atoms with Crippen LogP contribution in [0.25, 0.3) is 0 Å². The van der Waals surface area contributed by atoms with Gasteiger partial charge in [0.25, 0.3) is 0 Å². The number of para-hydroxylation sites is 1. The number of carbonyl (C=O) groups is 1. The Morgan fingerprint density at radius 3 is 2.53 bits per heavy atom. The number of nitrogens with one attached hydrogen (secondary N) is 1. The number of halogens is 1. The van der Waals surface area contributed by atoms with E-state index in [0.717, 1.165) is 0 Å². The van der Waals surface area contributed by atoms with Crippen molar-refractivity contribution < 1.29 is 4.79 Å². The fraction of sp³-hybridized carbons (Fsp3) is 0.0667. The Balaban J connectivity index is 2.05. The molecule has 3 nitrogen and oxygen atoms in total. The van der Waals surface area contributed by atoms with E-state index in [1.807, 2.05) is 6.07 Å². The number of benzene rings is 2. The van der Waals surface area contributed by atoms with Gasteiger partial charge in [-0.3, -0.25) is 4.79 Å². The van der Waals surface area contributed by atoms with Crippen LogP contribution in [-0.4, -0.2) is 12.3 Å². The van der Waals surface area contributed by atoms with Crippen LogP contribution >= 0.6 is 11.6 Å². The van der Waals surface area contributed by atoms with Crippen molar-refractivity contribution in [3.05, 3.63) is 64.7 Å². The van der Waals surface area contributed by atoms with E-state index in [-0.39, 0.29) is 12.3 Å². The van der Waals surface area contributed by atoms with Gasteiger partial charge in [0.2, 0.25) is 0 Å². The molecular weight excluding hydrogens is 260 g/mol. The third-order valence-electron chi connectivity index (χ3n) is 2.65. The molecule has 2 aromatic carbocycles. The Morgan fingerprint density at radius 2 is 1.84 bits per heavy atom. The number of nitrogens with zero attached hydrogens (tertiary/aromatic N) is 1. The summed E-state index contributed by atoms with van der Waals surface area (Å²) in [7, 11) is 0. The molecule has 2 aromatic rings. The fourth-order valence-corrected chi connectivity index (χ4v) is 1.77. The molecule has 19 heavy (non-hydrogen) atoms. The second-order valence-electron chi connectivity index (χ2n) is 3.94. The average Bonchev–Trinajstić information content (AvgIpc) is 2.45. The van der Waals surface area contributed by atoms with Crippen molar-refractivity contribution in [1.82, 2.24) is 0 Å². The molecule has 0 saturated carbocycles. The van der Waals surface area contributed by atoms with Crippen LogP contribution in [0.15, 0.2) is 48.5 Å². The molecule has 0 heterocycles. The molecule has 94 valence electrons. The summed E-state index contributed by atoms with van der Waals surface area (Å²) in [6.07, 6.45) is 0. The van der Waals surface area contributed by atoms with Gasteiger partial charge >= 0.3 is 0 Å². The Kier molecular flexibility index (Phi) is 4.17. The van der Waals surface area contributed by atoms with Gasteiger partial charge in [-0.15, -0.1) is 0 Å². The van der Waals surface area contributed by atoms with Crippen LogP contribution in [0.4, 0.5) is 5.69 Å². The summed E-state index contributed by atoms with van der Waals surface area (Å²) >= 11 is 5.77. The first-order valence-corrected chi connectivity index (χ1v) is 6.10. The standard InChI is InChI=1S/C15H11ClN2O/c16-13-7-5-11(6-8-13)15(19)10-18-14-4-2-1-3-12(14)9-17/h1-8,18H,10H2. The highest BCUT2D eigenvalue weighted by Gasteiger charge is 2.07. The number of Topliss-reactive ketones (excluding diaryl/α,β-unsaturated/α-hetero) is 1. The van der Waals surface area contributed by atoms with Gasteiger partial charge in [0.1, 0.15) is 6.07 Å². The first-order chi connectivity index (χ1) is 9.20. The van der Waals surface area contributed by atoms with E-state index in [2.05, 4.69) is 11.4 Å². The van der Waals surface area contributed by atoms with Crippen LogP contribution in [0, 0.1) is 11.3 Å². The molecule has 0 amide bonds. The molecule has 0 aliphatic rings. The molecule has 1 N–H and O–H groups in total. The molecular formula is C15H11ClN2O. The van der Waals surface area contributed by atoms with Gasteiger partial charge in [0.15, 0.2) is 5.78 Å². The minimum atomic E-state index is -0.0515. The Hall–Kier alpha value is -2.31. The number of anilines is 1. The second-order valence-corrected chi connectivity index (χ2v) is 4.38. The molecule has 0 radical (unpaired) electrons. The summed E-state index contributed by atoms with van der Waals surface area (Å²) in [4.78, 5) is 11.9. The quantitative estimate of drug-likeness (QED) is 0.865. The number of nitriles is 1. The van der Waals surface area contributed by atoms with Gasteiger partial charge in [0.05, 0.1) is 17.8 Å². The predicted molar refractivity (Wildman–Crippen MR) is 75.4 cm³/mol. The van der Waals surface area contributed by atoms with Crippen LogP contribution < -0.4 is 5.32 Å². The molecule has 0 aromatic heterocycles. The molecule has 4 heteroatoms. The lowest BCUT2D eigenvalue weighted by Crippen LogP contribution is -2.14. The Labute approximate surface area is 116 Å². The van der Waals surface area contributed by atoms with Gasteiger partial charge < -0.3 is 5.32 Å². The molecule has 0 saturated heterocycles. The van der Waals surface area contributed by atoms with E-state index in [0.29, 0.717) is 21.8 Å². The van der Waals surface area contributed by atoms with Crippen molar-refractivity contribution in [3.8, 4) is 6.07 Å². The summed E-state index contributed by atoms with van der Waals surface area (Å²) in [5, 5.41) is 12.5. The van der Waals surface area contributed by atoms with Gasteiger partial charge in [-0.1, -0.05) is 23.7 Å². The van der Waals surface area contributed by atoms with Gasteiger partial charge in [-0.2, -0.15) is 5.26 Å². The zero-order valence-electron chi connectivity index (χ0n) is 10.1. The van der Waals surface area contributed by atoms with Gasteiger partial charge in [-0.25, -0.2) is 0 Å². The smallest absolute Gasteiger partial charge is 0.181 e. The molecule has 2 rings (SSSR count). The monoisotopic (exact) mass is 270 g/mol. The van der Waals surface area contributed by atoms with Crippen LogP contribution in [0.5, 0.6) is 0 Å². The van der Waals surface area contributed by atoms with E-state index in [4.69, 9.17) is 16.9 Å². The highest BCUT2D eigenvalue weighted by atomic mass is 35.5. The lowest BCUT2D eigenvalue weighted by Gasteiger charge is -2.07. The van der Waals surface area contributed by atoms with E-state index in [1.54, 1.807) is 42.5 Å². The van der Waals surface area contributed by atoms with E-state index >= 15 is 0 Å². The molecule has 0 fully saturated rings. The first kappa shape index (κ1) is 13.1. The summed E-state index contributed by atoms with van der Waals surface area (Å²) in [6, 6.07) is 15.9. The van der Waals surface area contributed by atoms with Gasteiger partial charge in [0, 0.05) is 10.6 Å². The van der Waals surface area contributed by atoms with Crippen molar-refractivity contribution in [3.63, 3.8) is 0 Å². The normalized spacial score (nSPS) is 9.68. The number of hydrogen-bond donors (Lipinski definition) is 1. The highest BCUT2D eigenvalue weighted by molar-refractivity contribution is 6.30. The zero-order valence-corrected chi connectivity index (χ0v) is 10.8. The van der Waals surface area contributed by atoms with Gasteiger partial charge in [-0.05, 0) is 36.4 Å². The van der Waals surface area contributed by atoms with Crippen molar-refractivity contribution in [2.75, 3.05) is 11.9 Å². The Bertz CT molecular complexity index is 629. The molecule has 0 bridgehead atoms. The summed E-state index contributed by atoms with van der Waals surface area (Å²) < 4.78 is 0. The lowest BCUT2D eigenvalue weighted by molar-refractivity contribution is 0.101. The molecule has 0 unspecified atom stereocenters. The van der Waals surface area contributed by atoms with E-state index < -0.39 is 0 Å². The minimum Gasteiger partial charge on any atom is -0.377 e. The molecule has 0 aliphatic carbocycles. The van der Waals surface area contributed by atoms with Crippen molar-refractivity contribution >= 4 is 23.1 Å².